The highest BCUT2D eigenvalue weighted by Gasteiger charge is 2.35. The van der Waals surface area contributed by atoms with Crippen molar-refractivity contribution in [1.29, 1.82) is 0 Å². The molecule has 9 heteroatoms. The summed E-state index contributed by atoms with van der Waals surface area (Å²) in [6.07, 6.45) is 0. The number of nitrogens with one attached hydrogen (secondary N) is 1. The van der Waals surface area contributed by atoms with E-state index in [0.717, 1.165) is 42.3 Å². The summed E-state index contributed by atoms with van der Waals surface area (Å²) in [6, 6.07) is 16.5. The van der Waals surface area contributed by atoms with E-state index in [4.69, 9.17) is 14.7 Å². The van der Waals surface area contributed by atoms with E-state index in [9.17, 15) is 4.79 Å². The molecule has 9 nitrogen and oxygen atoms in total. The molecule has 4 rings (SSSR count). The van der Waals surface area contributed by atoms with Gasteiger partial charge in [0.1, 0.15) is 17.3 Å². The minimum atomic E-state index is -0.204. The van der Waals surface area contributed by atoms with Crippen LogP contribution in [0.4, 0.5) is 23.1 Å². The number of anilines is 4. The van der Waals surface area contributed by atoms with E-state index < -0.39 is 0 Å². The Balaban J connectivity index is 1.67. The Labute approximate surface area is 257 Å². The molecule has 43 heavy (non-hydrogen) atoms. The zero-order valence-corrected chi connectivity index (χ0v) is 27.7. The van der Waals surface area contributed by atoms with Crippen LogP contribution in [0.15, 0.2) is 48.5 Å². The smallest absolute Gasteiger partial charge is 0.272 e. The maximum atomic E-state index is 13.6. The molecule has 1 aliphatic rings. The standard InChI is InChI=1S/C34H49N7O2/c1-24-11-12-25(33(2,3)4)21-28(24)35-30-22-29(31(42)39(9)18-17-38(7)8)36-32(37-30)40-19-20-41(34(5,6)23-40)26-13-15-27(43-10)16-14-26/h11-16,21-22H,17-20,23H2,1-10H3,(H,35,36,37). The normalized spacial score (nSPS) is 15.0. The van der Waals surface area contributed by atoms with Crippen molar-refractivity contribution in [3.63, 3.8) is 0 Å². The Morgan fingerprint density at radius 1 is 1.00 bits per heavy atom. The maximum Gasteiger partial charge on any atom is 0.272 e. The van der Waals surface area contributed by atoms with Gasteiger partial charge >= 0.3 is 0 Å². The first kappa shape index (κ1) is 32.1. The molecule has 3 aromatic rings. The van der Waals surface area contributed by atoms with Gasteiger partial charge in [0.25, 0.3) is 5.91 Å². The Bertz CT molecular complexity index is 1410. The SMILES string of the molecule is COc1ccc(N2CCN(c3nc(Nc4cc(C(C)(C)C)ccc4C)cc(C(=O)N(C)CCN(C)C)n3)CC2(C)C)cc1. The van der Waals surface area contributed by atoms with Crippen LogP contribution in [0.5, 0.6) is 5.75 Å². The van der Waals surface area contributed by atoms with Gasteiger partial charge < -0.3 is 29.7 Å². The molecule has 1 aromatic heterocycles. The van der Waals surface area contributed by atoms with Crippen molar-refractivity contribution in [3.05, 3.63) is 65.4 Å². The van der Waals surface area contributed by atoms with Crippen LogP contribution in [0.1, 0.15) is 56.2 Å². The molecule has 0 radical (unpaired) electrons. The lowest BCUT2D eigenvalue weighted by Crippen LogP contribution is -2.60. The number of carbonyl (C=O) groups excluding carboxylic acids is 1. The first-order valence-corrected chi connectivity index (χ1v) is 15.0. The van der Waals surface area contributed by atoms with Crippen LogP contribution >= 0.6 is 0 Å². The van der Waals surface area contributed by atoms with Crippen LogP contribution in [0.25, 0.3) is 0 Å². The highest BCUT2D eigenvalue weighted by atomic mass is 16.5. The highest BCUT2D eigenvalue weighted by molar-refractivity contribution is 5.93. The fraction of sp³-hybridized carbons (Fsp3) is 0.500. The van der Waals surface area contributed by atoms with E-state index in [1.165, 1.54) is 5.56 Å². The van der Waals surface area contributed by atoms with Crippen LogP contribution in [0.3, 0.4) is 0 Å². The van der Waals surface area contributed by atoms with Gasteiger partial charge in [-0.1, -0.05) is 32.9 Å². The van der Waals surface area contributed by atoms with Crippen LogP contribution < -0.4 is 19.9 Å². The summed E-state index contributed by atoms with van der Waals surface area (Å²) in [5.74, 6) is 1.89. The topological polar surface area (TPSA) is 77.1 Å². The number of benzene rings is 2. The van der Waals surface area contributed by atoms with Crippen molar-refractivity contribution in [1.82, 2.24) is 19.8 Å². The van der Waals surface area contributed by atoms with E-state index in [1.807, 2.05) is 33.3 Å². The second-order valence-electron chi connectivity index (χ2n) is 13.5. The average Bonchev–Trinajstić information content (AvgIpc) is 2.95. The predicted molar refractivity (Wildman–Crippen MR) is 177 cm³/mol. The summed E-state index contributed by atoms with van der Waals surface area (Å²) in [7, 11) is 7.52. The zero-order valence-electron chi connectivity index (χ0n) is 27.7. The van der Waals surface area contributed by atoms with Crippen molar-refractivity contribution >= 4 is 29.0 Å². The number of amides is 1. The minimum Gasteiger partial charge on any atom is -0.497 e. The van der Waals surface area contributed by atoms with Gasteiger partial charge in [-0.3, -0.25) is 4.79 Å². The molecule has 1 aliphatic heterocycles. The molecule has 1 N–H and O–H groups in total. The fourth-order valence-electron chi connectivity index (χ4n) is 5.32. The van der Waals surface area contributed by atoms with Crippen molar-refractivity contribution in [2.45, 2.75) is 52.5 Å². The number of piperazine rings is 1. The number of methoxy groups -OCH3 is 1. The summed E-state index contributed by atoms with van der Waals surface area (Å²) >= 11 is 0. The van der Waals surface area contributed by atoms with Gasteiger partial charge in [-0.25, -0.2) is 4.98 Å². The second-order valence-corrected chi connectivity index (χ2v) is 13.5. The third-order valence-corrected chi connectivity index (χ3v) is 8.10. The lowest BCUT2D eigenvalue weighted by atomic mass is 9.86. The number of likely N-dealkylation sites (N-methyl/N-ethyl adjacent to an activating group) is 2. The predicted octanol–water partition coefficient (Wildman–Crippen LogP) is 5.57. The van der Waals surface area contributed by atoms with Crippen molar-refractivity contribution in [2.75, 3.05) is 76.1 Å². The summed E-state index contributed by atoms with van der Waals surface area (Å²) in [4.78, 5) is 31.8. The molecule has 2 aromatic carbocycles. The van der Waals surface area contributed by atoms with Gasteiger partial charge in [0.2, 0.25) is 5.95 Å². The molecular formula is C34H49N7O2. The van der Waals surface area contributed by atoms with E-state index >= 15 is 0 Å². The Morgan fingerprint density at radius 2 is 1.70 bits per heavy atom. The monoisotopic (exact) mass is 587 g/mol. The van der Waals surface area contributed by atoms with Crippen molar-refractivity contribution in [2.24, 2.45) is 0 Å². The quantitative estimate of drug-likeness (QED) is 0.348. The van der Waals surface area contributed by atoms with E-state index in [1.54, 1.807) is 18.1 Å². The number of rotatable bonds is 9. The molecule has 0 bridgehead atoms. The molecule has 0 aliphatic carbocycles. The summed E-state index contributed by atoms with van der Waals surface area (Å²) in [5, 5.41) is 3.54. The molecule has 1 amide bonds. The zero-order chi connectivity index (χ0) is 31.5. The Kier molecular flexibility index (Phi) is 9.54. The number of hydrogen-bond acceptors (Lipinski definition) is 8. The molecule has 2 heterocycles. The lowest BCUT2D eigenvalue weighted by molar-refractivity contribution is 0.0780. The summed E-state index contributed by atoms with van der Waals surface area (Å²) in [6.45, 7) is 16.8. The highest BCUT2D eigenvalue weighted by Crippen LogP contribution is 2.32. The minimum absolute atomic E-state index is 0.00633. The number of aromatic nitrogens is 2. The van der Waals surface area contributed by atoms with E-state index in [2.05, 4.69) is 91.9 Å². The molecule has 1 fully saturated rings. The maximum absolute atomic E-state index is 13.6. The van der Waals surface area contributed by atoms with E-state index in [-0.39, 0.29) is 16.9 Å². The van der Waals surface area contributed by atoms with Gasteiger partial charge in [-0.05, 0) is 81.7 Å². The lowest BCUT2D eigenvalue weighted by Gasteiger charge is -2.48. The molecule has 0 atom stereocenters. The Morgan fingerprint density at radius 3 is 2.30 bits per heavy atom. The number of ether oxygens (including phenoxy) is 1. The van der Waals surface area contributed by atoms with Crippen molar-refractivity contribution in [3.8, 4) is 5.75 Å². The number of carbonyl (C=O) groups is 1. The van der Waals surface area contributed by atoms with Crippen molar-refractivity contribution < 1.29 is 9.53 Å². The summed E-state index contributed by atoms with van der Waals surface area (Å²) < 4.78 is 5.36. The van der Waals surface area contributed by atoms with Gasteiger partial charge in [-0.2, -0.15) is 4.98 Å². The van der Waals surface area contributed by atoms with Crippen LogP contribution in [-0.2, 0) is 5.41 Å². The third kappa shape index (κ3) is 7.76. The van der Waals surface area contributed by atoms with Gasteiger partial charge in [-0.15, -0.1) is 0 Å². The fourth-order valence-corrected chi connectivity index (χ4v) is 5.32. The number of nitrogens with zero attached hydrogens (tertiary/aromatic N) is 6. The van der Waals surface area contributed by atoms with Crippen LogP contribution in [-0.4, -0.2) is 92.2 Å². The number of hydrogen-bond donors (Lipinski definition) is 1. The molecule has 0 saturated carbocycles. The third-order valence-electron chi connectivity index (χ3n) is 8.10. The first-order chi connectivity index (χ1) is 20.2. The number of aryl methyl sites for hydroxylation is 1. The molecule has 0 spiro atoms. The molecular weight excluding hydrogens is 538 g/mol. The average molecular weight is 588 g/mol. The van der Waals surface area contributed by atoms with Gasteiger partial charge in [0.15, 0.2) is 0 Å². The van der Waals surface area contributed by atoms with E-state index in [0.29, 0.717) is 30.5 Å². The van der Waals surface area contributed by atoms with Crippen LogP contribution in [0, 0.1) is 6.92 Å². The molecule has 0 unspecified atom stereocenters. The largest absolute Gasteiger partial charge is 0.497 e. The van der Waals surface area contributed by atoms with Gasteiger partial charge in [0, 0.05) is 57.2 Å². The van der Waals surface area contributed by atoms with Crippen LogP contribution in [0.2, 0.25) is 0 Å². The molecule has 232 valence electrons. The summed E-state index contributed by atoms with van der Waals surface area (Å²) in [5.41, 5.74) is 4.64. The second kappa shape index (κ2) is 12.8. The Hall–Kier alpha value is -3.85. The molecule has 1 saturated heterocycles. The first-order valence-electron chi connectivity index (χ1n) is 15.0. The van der Waals surface area contributed by atoms with Gasteiger partial charge in [0.05, 0.1) is 12.6 Å².